The Labute approximate surface area is 105 Å². The second kappa shape index (κ2) is 4.67. The molecule has 0 saturated carbocycles. The Kier molecular flexibility index (Phi) is 3.22. The maximum absolute atomic E-state index is 11.8. The Morgan fingerprint density at radius 2 is 2.00 bits per heavy atom. The average Bonchev–Trinajstić information content (AvgIpc) is 2.84. The fraction of sp³-hybridized carbons (Fsp3) is 0.545. The number of rotatable bonds is 4. The second-order valence-electron chi connectivity index (χ2n) is 4.18. The van der Waals surface area contributed by atoms with Gasteiger partial charge < -0.3 is 0 Å². The van der Waals surface area contributed by atoms with E-state index in [1.54, 1.807) is 11.7 Å². The van der Waals surface area contributed by atoms with E-state index >= 15 is 0 Å². The van der Waals surface area contributed by atoms with E-state index in [0.29, 0.717) is 24.4 Å². The van der Waals surface area contributed by atoms with E-state index in [4.69, 9.17) is 0 Å². The number of tetrazole rings is 1. The van der Waals surface area contributed by atoms with E-state index in [1.165, 1.54) is 4.80 Å². The van der Waals surface area contributed by atoms with Crippen LogP contribution in [0, 0.1) is 13.8 Å². The van der Waals surface area contributed by atoms with Crippen molar-refractivity contribution >= 4 is 5.78 Å². The highest BCUT2D eigenvalue weighted by molar-refractivity contribution is 5.97. The number of ketones is 1. The summed E-state index contributed by atoms with van der Waals surface area (Å²) in [6, 6.07) is 0. The number of aromatic nitrogens is 6. The molecule has 0 spiro atoms. The van der Waals surface area contributed by atoms with Crippen molar-refractivity contribution in [3.63, 3.8) is 0 Å². The number of Topliss-reactive ketones (excluding diaryl/α,β-unsaturated/α-hetero) is 1. The van der Waals surface area contributed by atoms with Gasteiger partial charge in [0.25, 0.3) is 0 Å². The Morgan fingerprint density at radius 1 is 1.28 bits per heavy atom. The van der Waals surface area contributed by atoms with Gasteiger partial charge >= 0.3 is 0 Å². The van der Waals surface area contributed by atoms with Gasteiger partial charge in [0.05, 0.1) is 18.3 Å². The molecule has 2 rings (SSSR count). The first-order valence-corrected chi connectivity index (χ1v) is 5.83. The van der Waals surface area contributed by atoms with Crippen molar-refractivity contribution in [2.45, 2.75) is 33.7 Å². The minimum Gasteiger partial charge on any atom is -0.294 e. The van der Waals surface area contributed by atoms with Gasteiger partial charge in [0.1, 0.15) is 6.54 Å². The number of hydrogen-bond donors (Lipinski definition) is 0. The molecule has 0 aromatic carbocycles. The molecule has 0 N–H and O–H groups in total. The third kappa shape index (κ3) is 2.15. The number of aryl methyl sites for hydroxylation is 2. The third-order valence-electron chi connectivity index (χ3n) is 2.82. The molecule has 0 radical (unpaired) electrons. The molecule has 2 aromatic rings. The lowest BCUT2D eigenvalue weighted by Gasteiger charge is -2.01. The maximum atomic E-state index is 11.8. The van der Waals surface area contributed by atoms with Gasteiger partial charge in [0.2, 0.25) is 0 Å². The van der Waals surface area contributed by atoms with E-state index in [1.807, 2.05) is 20.8 Å². The van der Waals surface area contributed by atoms with Gasteiger partial charge in [0, 0.05) is 12.1 Å². The Balaban J connectivity index is 2.32. The lowest BCUT2D eigenvalue weighted by Crippen LogP contribution is -2.07. The summed E-state index contributed by atoms with van der Waals surface area (Å²) in [7, 11) is 1.71. The minimum atomic E-state index is 0.114. The first-order chi connectivity index (χ1) is 8.52. The standard InChI is InChI=1S/C11H16N6O/c1-5-9(18)11-7(2)13-17(8(11)3)6-10-12-15-16(4)14-10/h5-6H2,1-4H3. The highest BCUT2D eigenvalue weighted by Crippen LogP contribution is 2.15. The van der Waals surface area contributed by atoms with E-state index in [2.05, 4.69) is 20.5 Å². The molecule has 0 unspecified atom stereocenters. The molecule has 0 amide bonds. The van der Waals surface area contributed by atoms with Gasteiger partial charge in [-0.25, -0.2) is 0 Å². The van der Waals surface area contributed by atoms with Crippen LogP contribution in [0.25, 0.3) is 0 Å². The fourth-order valence-corrected chi connectivity index (χ4v) is 1.95. The molecule has 0 aliphatic heterocycles. The monoisotopic (exact) mass is 248 g/mol. The van der Waals surface area contributed by atoms with Crippen LogP contribution in [-0.2, 0) is 13.6 Å². The summed E-state index contributed by atoms with van der Waals surface area (Å²) in [6.45, 7) is 6.01. The van der Waals surface area contributed by atoms with Crippen LogP contribution < -0.4 is 0 Å². The molecule has 0 atom stereocenters. The first kappa shape index (κ1) is 12.4. The fourth-order valence-electron chi connectivity index (χ4n) is 1.95. The lowest BCUT2D eigenvalue weighted by atomic mass is 10.1. The SMILES string of the molecule is CCC(=O)c1c(C)nn(Cc2nnn(C)n2)c1C. The summed E-state index contributed by atoms with van der Waals surface area (Å²) in [5.74, 6) is 0.696. The van der Waals surface area contributed by atoms with Crippen LogP contribution in [0.2, 0.25) is 0 Å². The smallest absolute Gasteiger partial charge is 0.196 e. The molecule has 7 nitrogen and oxygen atoms in total. The summed E-state index contributed by atoms with van der Waals surface area (Å²) in [4.78, 5) is 13.2. The topological polar surface area (TPSA) is 78.5 Å². The van der Waals surface area contributed by atoms with E-state index in [9.17, 15) is 4.79 Å². The van der Waals surface area contributed by atoms with Crippen molar-refractivity contribution in [2.75, 3.05) is 0 Å². The predicted molar refractivity (Wildman–Crippen MR) is 64.2 cm³/mol. The average molecular weight is 248 g/mol. The molecular weight excluding hydrogens is 232 g/mol. The molecule has 0 saturated heterocycles. The van der Waals surface area contributed by atoms with E-state index in [0.717, 1.165) is 11.4 Å². The van der Waals surface area contributed by atoms with Crippen LogP contribution in [0.5, 0.6) is 0 Å². The van der Waals surface area contributed by atoms with Crippen LogP contribution in [0.1, 0.15) is 40.9 Å². The van der Waals surface area contributed by atoms with Crippen LogP contribution >= 0.6 is 0 Å². The number of carbonyl (C=O) groups excluding carboxylic acids is 1. The van der Waals surface area contributed by atoms with Gasteiger partial charge in [-0.1, -0.05) is 6.92 Å². The van der Waals surface area contributed by atoms with E-state index in [-0.39, 0.29) is 5.78 Å². The minimum absolute atomic E-state index is 0.114. The van der Waals surface area contributed by atoms with Crippen molar-refractivity contribution in [3.05, 3.63) is 22.8 Å². The van der Waals surface area contributed by atoms with Gasteiger partial charge in [-0.15, -0.1) is 10.2 Å². The lowest BCUT2D eigenvalue weighted by molar-refractivity contribution is 0.0987. The van der Waals surface area contributed by atoms with Gasteiger partial charge in [-0.2, -0.15) is 9.90 Å². The van der Waals surface area contributed by atoms with Crippen LogP contribution in [-0.4, -0.2) is 35.8 Å². The second-order valence-corrected chi connectivity index (χ2v) is 4.18. The molecular formula is C11H16N6O. The van der Waals surface area contributed by atoms with E-state index < -0.39 is 0 Å². The molecule has 2 heterocycles. The Bertz CT molecular complexity index is 582. The third-order valence-corrected chi connectivity index (χ3v) is 2.82. The first-order valence-electron chi connectivity index (χ1n) is 5.83. The summed E-state index contributed by atoms with van der Waals surface area (Å²) in [5.41, 5.74) is 2.32. The summed E-state index contributed by atoms with van der Waals surface area (Å²) in [5, 5.41) is 16.1. The quantitative estimate of drug-likeness (QED) is 0.743. The van der Waals surface area contributed by atoms with Gasteiger partial charge in [-0.05, 0) is 19.1 Å². The molecule has 0 aliphatic rings. The molecule has 7 heteroatoms. The molecule has 96 valence electrons. The normalized spacial score (nSPS) is 10.9. The Morgan fingerprint density at radius 3 is 2.56 bits per heavy atom. The van der Waals surface area contributed by atoms with Gasteiger partial charge in [0.15, 0.2) is 11.6 Å². The van der Waals surface area contributed by atoms with Crippen molar-refractivity contribution in [3.8, 4) is 0 Å². The van der Waals surface area contributed by atoms with Crippen LogP contribution in [0.15, 0.2) is 0 Å². The number of hydrogen-bond acceptors (Lipinski definition) is 5. The van der Waals surface area contributed by atoms with Crippen molar-refractivity contribution in [2.24, 2.45) is 7.05 Å². The molecule has 18 heavy (non-hydrogen) atoms. The largest absolute Gasteiger partial charge is 0.294 e. The van der Waals surface area contributed by atoms with Crippen LogP contribution in [0.3, 0.4) is 0 Å². The number of carbonyl (C=O) groups is 1. The molecule has 0 bridgehead atoms. The number of nitrogens with zero attached hydrogens (tertiary/aromatic N) is 6. The van der Waals surface area contributed by atoms with Gasteiger partial charge in [-0.3, -0.25) is 9.48 Å². The van der Waals surface area contributed by atoms with Crippen molar-refractivity contribution in [1.82, 2.24) is 30.0 Å². The molecule has 0 fully saturated rings. The zero-order valence-corrected chi connectivity index (χ0v) is 11.0. The van der Waals surface area contributed by atoms with Crippen molar-refractivity contribution < 1.29 is 4.79 Å². The molecule has 2 aromatic heterocycles. The predicted octanol–water partition coefficient (Wildman–Crippen LogP) is 0.664. The summed E-state index contributed by atoms with van der Waals surface area (Å²) in [6.07, 6.45) is 0.483. The highest BCUT2D eigenvalue weighted by atomic mass is 16.1. The van der Waals surface area contributed by atoms with Crippen molar-refractivity contribution in [1.29, 1.82) is 0 Å². The zero-order valence-electron chi connectivity index (χ0n) is 11.0. The van der Waals surface area contributed by atoms with Crippen LogP contribution in [0.4, 0.5) is 0 Å². The summed E-state index contributed by atoms with van der Waals surface area (Å²) >= 11 is 0. The highest BCUT2D eigenvalue weighted by Gasteiger charge is 2.17. The maximum Gasteiger partial charge on any atom is 0.196 e. The zero-order chi connectivity index (χ0) is 13.3. The Hall–Kier alpha value is -2.05. The summed E-state index contributed by atoms with van der Waals surface area (Å²) < 4.78 is 1.75. The molecule has 0 aliphatic carbocycles.